The van der Waals surface area contributed by atoms with Crippen LogP contribution < -0.4 is 0 Å². The topological polar surface area (TPSA) is 78.9 Å². The highest BCUT2D eigenvalue weighted by Gasteiger charge is 2.26. The van der Waals surface area contributed by atoms with Crippen molar-refractivity contribution in [1.29, 1.82) is 0 Å². The molecule has 20 heavy (non-hydrogen) atoms. The number of rotatable bonds is 6. The SMILES string of the molecule is CCC(=O)OCC(=O)OC1CCC(OC(=O)CC)CC1. The lowest BCUT2D eigenvalue weighted by atomic mass is 9.95. The Hall–Kier alpha value is -1.59. The fourth-order valence-electron chi connectivity index (χ4n) is 2.00. The van der Waals surface area contributed by atoms with Crippen LogP contribution in [0.1, 0.15) is 52.4 Å². The molecule has 0 aliphatic heterocycles. The molecule has 0 N–H and O–H groups in total. The van der Waals surface area contributed by atoms with E-state index in [1.165, 1.54) is 0 Å². The molecule has 6 nitrogen and oxygen atoms in total. The average molecular weight is 286 g/mol. The lowest BCUT2D eigenvalue weighted by Gasteiger charge is -2.28. The maximum absolute atomic E-state index is 11.5. The summed E-state index contributed by atoms with van der Waals surface area (Å²) in [6.45, 7) is 3.08. The van der Waals surface area contributed by atoms with E-state index in [2.05, 4.69) is 0 Å². The molecule has 0 heterocycles. The van der Waals surface area contributed by atoms with Crippen molar-refractivity contribution in [3.05, 3.63) is 0 Å². The van der Waals surface area contributed by atoms with Gasteiger partial charge in [0, 0.05) is 12.8 Å². The molecule has 1 saturated carbocycles. The molecule has 0 aromatic rings. The van der Waals surface area contributed by atoms with Crippen molar-refractivity contribution >= 4 is 17.9 Å². The minimum absolute atomic E-state index is 0.0738. The molecule has 114 valence electrons. The van der Waals surface area contributed by atoms with Crippen molar-refractivity contribution in [2.45, 2.75) is 64.6 Å². The van der Waals surface area contributed by atoms with Crippen molar-refractivity contribution in [3.63, 3.8) is 0 Å². The molecule has 6 heteroatoms. The summed E-state index contributed by atoms with van der Waals surface area (Å²) in [4.78, 5) is 33.5. The highest BCUT2D eigenvalue weighted by molar-refractivity contribution is 5.76. The van der Waals surface area contributed by atoms with Crippen LogP contribution in [0.25, 0.3) is 0 Å². The van der Waals surface area contributed by atoms with Gasteiger partial charge in [0.15, 0.2) is 6.61 Å². The van der Waals surface area contributed by atoms with E-state index >= 15 is 0 Å². The number of hydrogen-bond donors (Lipinski definition) is 0. The van der Waals surface area contributed by atoms with E-state index in [0.29, 0.717) is 32.1 Å². The van der Waals surface area contributed by atoms with Crippen molar-refractivity contribution < 1.29 is 28.6 Å². The summed E-state index contributed by atoms with van der Waals surface area (Å²) >= 11 is 0. The first kappa shape index (κ1) is 16.5. The van der Waals surface area contributed by atoms with E-state index in [1.54, 1.807) is 13.8 Å². The first-order valence-corrected chi connectivity index (χ1v) is 7.09. The number of esters is 3. The Morgan fingerprint density at radius 3 is 1.70 bits per heavy atom. The lowest BCUT2D eigenvalue weighted by Crippen LogP contribution is -2.30. The predicted octanol–water partition coefficient (Wildman–Crippen LogP) is 1.75. The zero-order valence-electron chi connectivity index (χ0n) is 12.1. The van der Waals surface area contributed by atoms with Crippen LogP contribution in [0.4, 0.5) is 0 Å². The zero-order chi connectivity index (χ0) is 15.0. The molecule has 0 bridgehead atoms. The monoisotopic (exact) mass is 286 g/mol. The number of ether oxygens (including phenoxy) is 3. The maximum Gasteiger partial charge on any atom is 0.344 e. The summed E-state index contributed by atoms with van der Waals surface area (Å²) < 4.78 is 15.1. The van der Waals surface area contributed by atoms with Gasteiger partial charge in [0.1, 0.15) is 12.2 Å². The van der Waals surface area contributed by atoms with Crippen LogP contribution in [0, 0.1) is 0 Å². The molecule has 0 amide bonds. The van der Waals surface area contributed by atoms with E-state index < -0.39 is 11.9 Å². The maximum atomic E-state index is 11.5. The Labute approximate surface area is 118 Å². The largest absolute Gasteiger partial charge is 0.462 e. The van der Waals surface area contributed by atoms with Crippen LogP contribution >= 0.6 is 0 Å². The van der Waals surface area contributed by atoms with Crippen LogP contribution in [0.15, 0.2) is 0 Å². The first-order chi connectivity index (χ1) is 9.55. The molecular weight excluding hydrogens is 264 g/mol. The van der Waals surface area contributed by atoms with Crippen LogP contribution in [-0.4, -0.2) is 36.7 Å². The molecule has 0 aromatic heterocycles. The summed E-state index contributed by atoms with van der Waals surface area (Å²) in [7, 11) is 0. The molecule has 1 fully saturated rings. The van der Waals surface area contributed by atoms with Gasteiger partial charge >= 0.3 is 17.9 Å². The third-order valence-electron chi connectivity index (χ3n) is 3.15. The van der Waals surface area contributed by atoms with Gasteiger partial charge in [-0.15, -0.1) is 0 Å². The number of carbonyl (C=O) groups excluding carboxylic acids is 3. The van der Waals surface area contributed by atoms with Gasteiger partial charge in [-0.05, 0) is 25.7 Å². The Balaban J connectivity index is 2.20. The fraction of sp³-hybridized carbons (Fsp3) is 0.786. The zero-order valence-corrected chi connectivity index (χ0v) is 12.1. The van der Waals surface area contributed by atoms with Gasteiger partial charge in [-0.1, -0.05) is 13.8 Å². The van der Waals surface area contributed by atoms with Gasteiger partial charge in [-0.2, -0.15) is 0 Å². The lowest BCUT2D eigenvalue weighted by molar-refractivity contribution is -0.165. The summed E-state index contributed by atoms with van der Waals surface area (Å²) in [6.07, 6.45) is 3.06. The molecule has 0 radical (unpaired) electrons. The van der Waals surface area contributed by atoms with Crippen molar-refractivity contribution in [1.82, 2.24) is 0 Å². The summed E-state index contributed by atoms with van der Waals surface area (Å²) in [6, 6.07) is 0. The minimum atomic E-state index is -0.527. The van der Waals surface area contributed by atoms with Gasteiger partial charge in [-0.25, -0.2) is 4.79 Å². The molecule has 1 rings (SSSR count). The second kappa shape index (κ2) is 8.55. The Morgan fingerprint density at radius 1 is 0.800 bits per heavy atom. The van der Waals surface area contributed by atoms with Crippen LogP contribution in [0.2, 0.25) is 0 Å². The van der Waals surface area contributed by atoms with Crippen LogP contribution in [-0.2, 0) is 28.6 Å². The minimum Gasteiger partial charge on any atom is -0.462 e. The van der Waals surface area contributed by atoms with E-state index in [0.717, 1.165) is 0 Å². The molecule has 0 unspecified atom stereocenters. The summed E-state index contributed by atoms with van der Waals surface area (Å²) in [5.74, 6) is -1.14. The van der Waals surface area contributed by atoms with E-state index in [1.807, 2.05) is 0 Å². The third-order valence-corrected chi connectivity index (χ3v) is 3.15. The number of hydrogen-bond acceptors (Lipinski definition) is 6. The molecule has 0 spiro atoms. The smallest absolute Gasteiger partial charge is 0.344 e. The van der Waals surface area contributed by atoms with Gasteiger partial charge in [0.2, 0.25) is 0 Å². The Morgan fingerprint density at radius 2 is 1.25 bits per heavy atom. The first-order valence-electron chi connectivity index (χ1n) is 7.09. The molecule has 0 atom stereocenters. The normalized spacial score (nSPS) is 21.9. The van der Waals surface area contributed by atoms with Crippen LogP contribution in [0.3, 0.4) is 0 Å². The molecule has 0 saturated heterocycles. The second-order valence-electron chi connectivity index (χ2n) is 4.75. The second-order valence-corrected chi connectivity index (χ2v) is 4.75. The highest BCUT2D eigenvalue weighted by atomic mass is 16.6. The van der Waals surface area contributed by atoms with Crippen molar-refractivity contribution in [2.75, 3.05) is 6.61 Å². The summed E-state index contributed by atoms with van der Waals surface area (Å²) in [5.41, 5.74) is 0. The van der Waals surface area contributed by atoms with Crippen molar-refractivity contribution in [2.24, 2.45) is 0 Å². The van der Waals surface area contributed by atoms with E-state index in [-0.39, 0.29) is 31.2 Å². The molecule has 1 aliphatic rings. The average Bonchev–Trinajstić information content (AvgIpc) is 2.46. The predicted molar refractivity (Wildman–Crippen MR) is 69.8 cm³/mol. The van der Waals surface area contributed by atoms with Gasteiger partial charge in [0.25, 0.3) is 0 Å². The number of carbonyl (C=O) groups is 3. The van der Waals surface area contributed by atoms with E-state index in [4.69, 9.17) is 14.2 Å². The molecular formula is C14H22O6. The highest BCUT2D eigenvalue weighted by Crippen LogP contribution is 2.23. The Kier molecular flexibility index (Phi) is 7.04. The van der Waals surface area contributed by atoms with Crippen LogP contribution in [0.5, 0.6) is 0 Å². The van der Waals surface area contributed by atoms with Gasteiger partial charge < -0.3 is 14.2 Å². The molecule has 0 aromatic carbocycles. The van der Waals surface area contributed by atoms with Gasteiger partial charge in [0.05, 0.1) is 0 Å². The third kappa shape index (κ3) is 6.04. The quantitative estimate of drug-likeness (QED) is 0.546. The summed E-state index contributed by atoms with van der Waals surface area (Å²) in [5, 5.41) is 0. The standard InChI is InChI=1S/C14H22O6/c1-3-12(15)18-9-14(17)20-11-7-5-10(6-8-11)19-13(16)4-2/h10-11H,3-9H2,1-2H3. The fourth-order valence-corrected chi connectivity index (χ4v) is 2.00. The van der Waals surface area contributed by atoms with Gasteiger partial charge in [-0.3, -0.25) is 9.59 Å². The molecule has 1 aliphatic carbocycles. The van der Waals surface area contributed by atoms with Crippen molar-refractivity contribution in [3.8, 4) is 0 Å². The Bertz CT molecular complexity index is 344. The van der Waals surface area contributed by atoms with E-state index in [9.17, 15) is 14.4 Å².